The van der Waals surface area contributed by atoms with Crippen molar-refractivity contribution in [1.29, 1.82) is 0 Å². The Morgan fingerprint density at radius 3 is 2.20 bits per heavy atom. The van der Waals surface area contributed by atoms with Crippen molar-refractivity contribution in [3.05, 3.63) is 58.9 Å². The number of hydrogen-bond donors (Lipinski definition) is 2. The Morgan fingerprint density at radius 1 is 0.951 bits per heavy atom. The quantitative estimate of drug-likeness (QED) is 0.373. The van der Waals surface area contributed by atoms with Crippen molar-refractivity contribution in [3.63, 3.8) is 0 Å². The summed E-state index contributed by atoms with van der Waals surface area (Å²) in [6.07, 6.45) is 5.11. The predicted molar refractivity (Wildman–Crippen MR) is 152 cm³/mol. The topological polar surface area (TPSA) is 152 Å². The number of nitrogens with one attached hydrogen (secondary N) is 1. The third-order valence-corrected chi connectivity index (χ3v) is 7.27. The van der Waals surface area contributed by atoms with E-state index < -0.39 is 54.1 Å². The SMILES string of the molecule is COC1[C@@H](OC)C[C@H](C)[C@@H](OC)C2=CC(=O)C=C(NC(=O)C(C)=CC=CC(OC)[C@@H](OC(N)=O)C(C)=C[C@@H]1C)C2=O. The van der Waals surface area contributed by atoms with Crippen molar-refractivity contribution in [2.75, 3.05) is 28.4 Å². The molecule has 1 aliphatic carbocycles. The van der Waals surface area contributed by atoms with Crippen LogP contribution >= 0.6 is 0 Å². The third-order valence-electron chi connectivity index (χ3n) is 7.27. The third kappa shape index (κ3) is 8.80. The van der Waals surface area contributed by atoms with E-state index in [1.165, 1.54) is 26.4 Å². The minimum Gasteiger partial charge on any atom is -0.439 e. The Labute approximate surface area is 241 Å². The van der Waals surface area contributed by atoms with Crippen molar-refractivity contribution < 1.29 is 42.9 Å². The molecule has 0 aromatic heterocycles. The standard InChI is InChI=1S/C30H42N2O9/c1-16-10-9-11-23(37-5)28(41-30(31)36)18(3)12-17(2)27(40-8)24(38-6)13-19(4)26(39-7)21-14-20(33)15-22(25(21)34)32-29(16)35/h9-12,14-15,17,19,23-24,26-28H,13H2,1-8H3,(H2,31,36)(H,32,35)/t17-,19-,23?,24-,26+,27?,28-/m0/s1. The molecule has 0 saturated carbocycles. The van der Waals surface area contributed by atoms with E-state index in [2.05, 4.69) is 5.32 Å². The molecule has 2 amide bonds. The van der Waals surface area contributed by atoms with E-state index in [0.29, 0.717) is 12.0 Å². The van der Waals surface area contributed by atoms with Gasteiger partial charge < -0.3 is 34.7 Å². The first kappa shape index (κ1) is 33.8. The smallest absolute Gasteiger partial charge is 0.405 e. The lowest BCUT2D eigenvalue weighted by Gasteiger charge is -2.34. The van der Waals surface area contributed by atoms with E-state index in [-0.39, 0.29) is 28.7 Å². The summed E-state index contributed by atoms with van der Waals surface area (Å²) in [5.41, 5.74) is 6.29. The van der Waals surface area contributed by atoms with Crippen molar-refractivity contribution in [1.82, 2.24) is 5.32 Å². The molecule has 11 nitrogen and oxygen atoms in total. The molecule has 0 saturated heterocycles. The molecule has 0 spiro atoms. The molecule has 0 fully saturated rings. The van der Waals surface area contributed by atoms with E-state index in [9.17, 15) is 19.2 Å². The molecule has 0 radical (unpaired) electrons. The molecule has 1 heterocycles. The molecule has 41 heavy (non-hydrogen) atoms. The molecule has 0 aromatic rings. The number of nitrogens with two attached hydrogens (primary N) is 1. The summed E-state index contributed by atoms with van der Waals surface area (Å²) in [5, 5.41) is 2.54. The first-order chi connectivity index (χ1) is 19.4. The van der Waals surface area contributed by atoms with E-state index in [0.717, 1.165) is 6.08 Å². The summed E-state index contributed by atoms with van der Waals surface area (Å²) in [7, 11) is 6.05. The summed E-state index contributed by atoms with van der Waals surface area (Å²) in [5.74, 6) is -2.04. The number of Topliss-reactive ketones (excluding diaryl/α,β-unsaturated/α-hetero) is 1. The van der Waals surface area contributed by atoms with Gasteiger partial charge in [-0.15, -0.1) is 0 Å². The molecular weight excluding hydrogens is 532 g/mol. The minimum absolute atomic E-state index is 0.141. The number of ether oxygens (including phenoxy) is 5. The second-order valence-electron chi connectivity index (χ2n) is 10.2. The summed E-state index contributed by atoms with van der Waals surface area (Å²) in [6.45, 7) is 7.17. The van der Waals surface area contributed by atoms with Gasteiger partial charge in [0.25, 0.3) is 5.91 Å². The summed E-state index contributed by atoms with van der Waals surface area (Å²) < 4.78 is 28.4. The van der Waals surface area contributed by atoms with Crippen LogP contribution in [0, 0.1) is 11.8 Å². The average molecular weight is 575 g/mol. The largest absolute Gasteiger partial charge is 0.439 e. The average Bonchev–Trinajstić information content (AvgIpc) is 2.91. The summed E-state index contributed by atoms with van der Waals surface area (Å²) >= 11 is 0. The molecule has 2 unspecified atom stereocenters. The van der Waals surface area contributed by atoms with Crippen LogP contribution in [0.3, 0.4) is 0 Å². The van der Waals surface area contributed by atoms with E-state index in [4.69, 9.17) is 29.4 Å². The highest BCUT2D eigenvalue weighted by atomic mass is 16.6. The van der Waals surface area contributed by atoms with Gasteiger partial charge in [-0.3, -0.25) is 14.4 Å². The van der Waals surface area contributed by atoms with Crippen LogP contribution in [0.5, 0.6) is 0 Å². The molecule has 2 rings (SSSR count). The number of carbonyl (C=O) groups is 4. The van der Waals surface area contributed by atoms with E-state index >= 15 is 0 Å². The van der Waals surface area contributed by atoms with Crippen LogP contribution in [-0.4, -0.2) is 82.5 Å². The van der Waals surface area contributed by atoms with E-state index in [1.54, 1.807) is 40.2 Å². The fourth-order valence-electron chi connectivity index (χ4n) is 5.21. The summed E-state index contributed by atoms with van der Waals surface area (Å²) in [4.78, 5) is 50.6. The molecule has 11 heteroatoms. The monoisotopic (exact) mass is 574 g/mol. The summed E-state index contributed by atoms with van der Waals surface area (Å²) in [6, 6.07) is 0. The zero-order valence-electron chi connectivity index (χ0n) is 25.0. The van der Waals surface area contributed by atoms with Gasteiger partial charge in [0.05, 0.1) is 24.0 Å². The van der Waals surface area contributed by atoms with Crippen LogP contribution in [0.2, 0.25) is 0 Å². The molecule has 226 valence electrons. The molecule has 1 aliphatic heterocycles. The van der Waals surface area contributed by atoms with Crippen LogP contribution in [0.25, 0.3) is 0 Å². The number of amides is 2. The first-order valence-electron chi connectivity index (χ1n) is 13.3. The number of allylic oxidation sites excluding steroid dienone is 5. The van der Waals surface area contributed by atoms with Crippen LogP contribution < -0.4 is 11.1 Å². The highest BCUT2D eigenvalue weighted by molar-refractivity contribution is 6.22. The van der Waals surface area contributed by atoms with Crippen molar-refractivity contribution in [2.45, 2.75) is 64.6 Å². The van der Waals surface area contributed by atoms with Gasteiger partial charge in [0.15, 0.2) is 11.9 Å². The number of rotatable bonds is 5. The van der Waals surface area contributed by atoms with Gasteiger partial charge in [0.1, 0.15) is 6.10 Å². The maximum atomic E-state index is 13.4. The minimum atomic E-state index is -0.972. The Bertz CT molecular complexity index is 1150. The zero-order chi connectivity index (χ0) is 30.9. The van der Waals surface area contributed by atoms with Crippen LogP contribution in [0.1, 0.15) is 34.1 Å². The lowest BCUT2D eigenvalue weighted by molar-refractivity contribution is -0.120. The second-order valence-corrected chi connectivity index (χ2v) is 10.2. The Kier molecular flexibility index (Phi) is 12.8. The highest BCUT2D eigenvalue weighted by Gasteiger charge is 2.36. The van der Waals surface area contributed by atoms with Gasteiger partial charge >= 0.3 is 6.09 Å². The zero-order valence-corrected chi connectivity index (χ0v) is 25.0. The van der Waals surface area contributed by atoms with Gasteiger partial charge in [0, 0.05) is 51.6 Å². The fourth-order valence-corrected chi connectivity index (χ4v) is 5.21. The molecule has 2 bridgehead atoms. The van der Waals surface area contributed by atoms with Crippen molar-refractivity contribution in [2.24, 2.45) is 17.6 Å². The van der Waals surface area contributed by atoms with Gasteiger partial charge in [-0.25, -0.2) is 4.79 Å². The predicted octanol–water partition coefficient (Wildman–Crippen LogP) is 2.71. The number of fused-ring (bicyclic) bond motifs is 2. The van der Waals surface area contributed by atoms with Crippen LogP contribution in [0.15, 0.2) is 58.9 Å². The van der Waals surface area contributed by atoms with Crippen LogP contribution in [-0.2, 0) is 38.1 Å². The normalized spacial score (nSPS) is 30.5. The lowest BCUT2D eigenvalue weighted by Crippen LogP contribution is -2.41. The Hall–Kier alpha value is -3.38. The Balaban J connectivity index is 2.66. The number of primary amides is 1. The van der Waals surface area contributed by atoms with Gasteiger partial charge in [-0.2, -0.15) is 0 Å². The molecule has 7 atom stereocenters. The number of ketones is 2. The fraction of sp³-hybridized carbons (Fsp3) is 0.533. The van der Waals surface area contributed by atoms with E-state index in [1.807, 2.05) is 19.9 Å². The highest BCUT2D eigenvalue weighted by Crippen LogP contribution is 2.30. The number of carbonyl (C=O) groups excluding carboxylic acids is 4. The maximum absolute atomic E-state index is 13.4. The molecule has 3 N–H and O–H groups in total. The second kappa shape index (κ2) is 15.6. The van der Waals surface area contributed by atoms with Gasteiger partial charge in [-0.05, 0) is 37.8 Å². The Morgan fingerprint density at radius 2 is 1.63 bits per heavy atom. The number of hydrogen-bond acceptors (Lipinski definition) is 9. The van der Waals surface area contributed by atoms with Crippen molar-refractivity contribution in [3.8, 4) is 0 Å². The van der Waals surface area contributed by atoms with Crippen LogP contribution in [0.4, 0.5) is 4.79 Å². The first-order valence-corrected chi connectivity index (χ1v) is 13.3. The maximum Gasteiger partial charge on any atom is 0.405 e. The number of methoxy groups -OCH3 is 4. The molecule has 0 aromatic carbocycles. The molecular formula is C30H42N2O9. The van der Waals surface area contributed by atoms with Gasteiger partial charge in [-0.1, -0.05) is 38.2 Å². The van der Waals surface area contributed by atoms with Gasteiger partial charge in [0.2, 0.25) is 5.78 Å². The van der Waals surface area contributed by atoms with Crippen molar-refractivity contribution >= 4 is 23.6 Å². The molecule has 2 aliphatic rings. The lowest BCUT2D eigenvalue weighted by atomic mass is 9.84.